The van der Waals surface area contributed by atoms with Gasteiger partial charge in [0, 0.05) is 19.1 Å². The number of piperidine rings is 1. The SMILES string of the molecule is CC(C)N1CCC(Oc2ccc(CC(=O)O)cc2)CC1. The summed E-state index contributed by atoms with van der Waals surface area (Å²) in [6, 6.07) is 7.99. The number of rotatable bonds is 5. The van der Waals surface area contributed by atoms with Gasteiger partial charge in [-0.25, -0.2) is 0 Å². The molecule has 1 N–H and O–H groups in total. The number of aliphatic carboxylic acids is 1. The number of benzene rings is 1. The van der Waals surface area contributed by atoms with Gasteiger partial charge in [-0.3, -0.25) is 4.79 Å². The van der Waals surface area contributed by atoms with Crippen molar-refractivity contribution < 1.29 is 14.6 Å². The summed E-state index contributed by atoms with van der Waals surface area (Å²) >= 11 is 0. The normalized spacial score (nSPS) is 17.4. The van der Waals surface area contributed by atoms with Crippen LogP contribution >= 0.6 is 0 Å². The summed E-state index contributed by atoms with van der Waals surface area (Å²) < 4.78 is 5.97. The molecule has 0 spiro atoms. The molecule has 20 heavy (non-hydrogen) atoms. The highest BCUT2D eigenvalue weighted by Crippen LogP contribution is 2.20. The Morgan fingerprint density at radius 3 is 2.40 bits per heavy atom. The van der Waals surface area contributed by atoms with Gasteiger partial charge in [-0.1, -0.05) is 12.1 Å². The fourth-order valence-corrected chi connectivity index (χ4v) is 2.56. The van der Waals surface area contributed by atoms with Crippen LogP contribution < -0.4 is 4.74 Å². The molecule has 1 aromatic rings. The monoisotopic (exact) mass is 277 g/mol. The minimum Gasteiger partial charge on any atom is -0.490 e. The molecular formula is C16H23NO3. The lowest BCUT2D eigenvalue weighted by Crippen LogP contribution is -2.41. The summed E-state index contributed by atoms with van der Waals surface area (Å²) in [6.45, 7) is 6.61. The van der Waals surface area contributed by atoms with E-state index < -0.39 is 5.97 Å². The molecule has 1 aromatic carbocycles. The standard InChI is InChI=1S/C16H23NO3/c1-12(2)17-9-7-15(8-10-17)20-14-5-3-13(4-6-14)11-16(18)19/h3-6,12,15H,7-11H2,1-2H3,(H,18,19). The van der Waals surface area contributed by atoms with E-state index >= 15 is 0 Å². The molecule has 0 amide bonds. The average Bonchev–Trinajstić information content (AvgIpc) is 2.41. The summed E-state index contributed by atoms with van der Waals surface area (Å²) in [4.78, 5) is 13.1. The Kier molecular flexibility index (Phi) is 5.01. The van der Waals surface area contributed by atoms with Gasteiger partial charge in [0.25, 0.3) is 0 Å². The highest BCUT2D eigenvalue weighted by atomic mass is 16.5. The quantitative estimate of drug-likeness (QED) is 0.898. The molecule has 0 aliphatic carbocycles. The molecule has 4 heteroatoms. The van der Waals surface area contributed by atoms with E-state index in [2.05, 4.69) is 18.7 Å². The smallest absolute Gasteiger partial charge is 0.307 e. The van der Waals surface area contributed by atoms with E-state index in [0.29, 0.717) is 6.04 Å². The van der Waals surface area contributed by atoms with Gasteiger partial charge in [-0.2, -0.15) is 0 Å². The number of hydrogen-bond acceptors (Lipinski definition) is 3. The van der Waals surface area contributed by atoms with Crippen LogP contribution in [0.2, 0.25) is 0 Å². The summed E-state index contributed by atoms with van der Waals surface area (Å²) in [5.74, 6) is 0.0295. The van der Waals surface area contributed by atoms with Crippen LogP contribution in [-0.4, -0.2) is 41.2 Å². The van der Waals surface area contributed by atoms with Crippen molar-refractivity contribution in [2.45, 2.75) is 45.3 Å². The molecule has 1 saturated heterocycles. The van der Waals surface area contributed by atoms with E-state index in [1.165, 1.54) is 0 Å². The number of ether oxygens (including phenoxy) is 1. The fourth-order valence-electron chi connectivity index (χ4n) is 2.56. The van der Waals surface area contributed by atoms with E-state index in [-0.39, 0.29) is 12.5 Å². The van der Waals surface area contributed by atoms with Crippen molar-refractivity contribution >= 4 is 5.97 Å². The number of carbonyl (C=O) groups is 1. The maximum absolute atomic E-state index is 10.6. The number of likely N-dealkylation sites (tertiary alicyclic amines) is 1. The average molecular weight is 277 g/mol. The van der Waals surface area contributed by atoms with Crippen molar-refractivity contribution in [1.29, 1.82) is 0 Å². The molecule has 0 bridgehead atoms. The lowest BCUT2D eigenvalue weighted by atomic mass is 10.1. The van der Waals surface area contributed by atoms with E-state index in [4.69, 9.17) is 9.84 Å². The zero-order valence-corrected chi connectivity index (χ0v) is 12.2. The Bertz CT molecular complexity index is 434. The third kappa shape index (κ3) is 4.23. The first-order valence-corrected chi connectivity index (χ1v) is 7.26. The molecule has 110 valence electrons. The Labute approximate surface area is 120 Å². The first-order valence-electron chi connectivity index (χ1n) is 7.26. The van der Waals surface area contributed by atoms with E-state index in [0.717, 1.165) is 37.2 Å². The molecule has 2 rings (SSSR count). The number of carboxylic acids is 1. The fraction of sp³-hybridized carbons (Fsp3) is 0.562. The predicted molar refractivity (Wildman–Crippen MR) is 78.1 cm³/mol. The van der Waals surface area contributed by atoms with Gasteiger partial charge in [0.2, 0.25) is 0 Å². The highest BCUT2D eigenvalue weighted by Gasteiger charge is 2.21. The van der Waals surface area contributed by atoms with Crippen LogP contribution in [0.1, 0.15) is 32.3 Å². The zero-order valence-electron chi connectivity index (χ0n) is 12.2. The Morgan fingerprint density at radius 1 is 1.30 bits per heavy atom. The summed E-state index contributed by atoms with van der Waals surface area (Å²) in [6.07, 6.45) is 2.44. The molecular weight excluding hydrogens is 254 g/mol. The first-order chi connectivity index (χ1) is 9.54. The van der Waals surface area contributed by atoms with Crippen LogP contribution in [0.4, 0.5) is 0 Å². The molecule has 0 aromatic heterocycles. The topological polar surface area (TPSA) is 49.8 Å². The van der Waals surface area contributed by atoms with Gasteiger partial charge in [0.15, 0.2) is 0 Å². The highest BCUT2D eigenvalue weighted by molar-refractivity contribution is 5.70. The molecule has 1 aliphatic heterocycles. The second kappa shape index (κ2) is 6.75. The van der Waals surface area contributed by atoms with Gasteiger partial charge in [-0.15, -0.1) is 0 Å². The predicted octanol–water partition coefficient (Wildman–Crippen LogP) is 2.57. The molecule has 4 nitrogen and oxygen atoms in total. The molecule has 1 aliphatic rings. The second-order valence-electron chi connectivity index (χ2n) is 5.66. The van der Waals surface area contributed by atoms with Gasteiger partial charge in [-0.05, 0) is 44.4 Å². The molecule has 0 radical (unpaired) electrons. The van der Waals surface area contributed by atoms with Gasteiger partial charge >= 0.3 is 5.97 Å². The number of carboxylic acid groups (broad SMARTS) is 1. The maximum Gasteiger partial charge on any atom is 0.307 e. The van der Waals surface area contributed by atoms with Crippen LogP contribution in [0, 0.1) is 0 Å². The van der Waals surface area contributed by atoms with Crippen molar-refractivity contribution in [1.82, 2.24) is 4.90 Å². The minimum absolute atomic E-state index is 0.0626. The van der Waals surface area contributed by atoms with Crippen LogP contribution in [0.3, 0.4) is 0 Å². The summed E-state index contributed by atoms with van der Waals surface area (Å²) in [5.41, 5.74) is 0.805. The minimum atomic E-state index is -0.806. The summed E-state index contributed by atoms with van der Waals surface area (Å²) in [7, 11) is 0. The molecule has 0 saturated carbocycles. The Hall–Kier alpha value is -1.55. The molecule has 1 fully saturated rings. The van der Waals surface area contributed by atoms with Crippen molar-refractivity contribution in [3.63, 3.8) is 0 Å². The van der Waals surface area contributed by atoms with Crippen LogP contribution in [0.15, 0.2) is 24.3 Å². The third-order valence-electron chi connectivity index (χ3n) is 3.79. The van der Waals surface area contributed by atoms with Gasteiger partial charge in [0.1, 0.15) is 11.9 Å². The summed E-state index contributed by atoms with van der Waals surface area (Å²) in [5, 5.41) is 8.73. The van der Waals surface area contributed by atoms with E-state index in [1.54, 1.807) is 0 Å². The number of hydrogen-bond donors (Lipinski definition) is 1. The Morgan fingerprint density at radius 2 is 1.90 bits per heavy atom. The third-order valence-corrected chi connectivity index (χ3v) is 3.79. The lowest BCUT2D eigenvalue weighted by Gasteiger charge is -2.34. The van der Waals surface area contributed by atoms with Crippen molar-refractivity contribution in [3.8, 4) is 5.75 Å². The Balaban J connectivity index is 1.83. The maximum atomic E-state index is 10.6. The van der Waals surface area contributed by atoms with Crippen molar-refractivity contribution in [2.75, 3.05) is 13.1 Å². The second-order valence-corrected chi connectivity index (χ2v) is 5.66. The van der Waals surface area contributed by atoms with Crippen LogP contribution in [0.25, 0.3) is 0 Å². The van der Waals surface area contributed by atoms with Crippen LogP contribution in [0.5, 0.6) is 5.75 Å². The van der Waals surface area contributed by atoms with Gasteiger partial charge < -0.3 is 14.7 Å². The van der Waals surface area contributed by atoms with Crippen molar-refractivity contribution in [2.24, 2.45) is 0 Å². The zero-order chi connectivity index (χ0) is 14.5. The lowest BCUT2D eigenvalue weighted by molar-refractivity contribution is -0.136. The van der Waals surface area contributed by atoms with Crippen molar-refractivity contribution in [3.05, 3.63) is 29.8 Å². The number of nitrogens with zero attached hydrogens (tertiary/aromatic N) is 1. The van der Waals surface area contributed by atoms with Gasteiger partial charge in [0.05, 0.1) is 6.42 Å². The van der Waals surface area contributed by atoms with E-state index in [9.17, 15) is 4.79 Å². The molecule has 1 heterocycles. The largest absolute Gasteiger partial charge is 0.490 e. The van der Waals surface area contributed by atoms with E-state index in [1.807, 2.05) is 24.3 Å². The molecule has 0 unspecified atom stereocenters. The molecule has 0 atom stereocenters. The van der Waals surface area contributed by atoms with Crippen LogP contribution in [-0.2, 0) is 11.2 Å². The first kappa shape index (κ1) is 14.9.